The molecule has 27 heavy (non-hydrogen) atoms. The number of benzene rings is 2. The van der Waals surface area contributed by atoms with Crippen LogP contribution in [0.5, 0.6) is 11.5 Å². The topological polar surface area (TPSA) is 57.1 Å². The molecule has 3 rings (SSSR count). The van der Waals surface area contributed by atoms with Crippen molar-refractivity contribution in [1.82, 2.24) is 0 Å². The van der Waals surface area contributed by atoms with Gasteiger partial charge in [0.15, 0.2) is 17.2 Å². The molecule has 0 aliphatic carbocycles. The van der Waals surface area contributed by atoms with Crippen molar-refractivity contribution in [2.24, 2.45) is 4.99 Å². The molecule has 140 valence electrons. The van der Waals surface area contributed by atoms with Crippen molar-refractivity contribution in [3.8, 4) is 11.5 Å². The summed E-state index contributed by atoms with van der Waals surface area (Å²) < 4.78 is 30.9. The summed E-state index contributed by atoms with van der Waals surface area (Å²) in [7, 11) is 0. The molecule has 7 heteroatoms. The largest absolute Gasteiger partial charge is 0.490 e. The molecular formula is C20H17BrFNO4. The van der Waals surface area contributed by atoms with Gasteiger partial charge in [0.1, 0.15) is 5.82 Å². The lowest BCUT2D eigenvalue weighted by molar-refractivity contribution is -0.129. The van der Waals surface area contributed by atoms with Crippen LogP contribution in [0, 0.1) is 5.82 Å². The van der Waals surface area contributed by atoms with Crippen molar-refractivity contribution in [3.05, 3.63) is 63.5 Å². The van der Waals surface area contributed by atoms with Crippen LogP contribution in [0.1, 0.15) is 25.0 Å². The fraction of sp³-hybridized carbons (Fsp3) is 0.200. The molecule has 0 radical (unpaired) electrons. The molecule has 0 bridgehead atoms. The van der Waals surface area contributed by atoms with Gasteiger partial charge in [-0.15, -0.1) is 0 Å². The summed E-state index contributed by atoms with van der Waals surface area (Å²) in [6, 6.07) is 9.52. The lowest BCUT2D eigenvalue weighted by Gasteiger charge is -2.13. The summed E-state index contributed by atoms with van der Waals surface area (Å²) in [5.74, 6) is -0.0698. The van der Waals surface area contributed by atoms with Gasteiger partial charge in [0, 0.05) is 0 Å². The van der Waals surface area contributed by atoms with Gasteiger partial charge in [-0.2, -0.15) is 0 Å². The second-order valence-corrected chi connectivity index (χ2v) is 6.37. The van der Waals surface area contributed by atoms with Crippen LogP contribution in [-0.4, -0.2) is 25.1 Å². The van der Waals surface area contributed by atoms with Crippen LogP contribution in [-0.2, 0) is 9.53 Å². The number of carbonyl (C=O) groups excluding carboxylic acids is 1. The van der Waals surface area contributed by atoms with E-state index in [1.54, 1.807) is 30.3 Å². The predicted octanol–water partition coefficient (Wildman–Crippen LogP) is 4.73. The monoisotopic (exact) mass is 433 g/mol. The summed E-state index contributed by atoms with van der Waals surface area (Å²) in [6.45, 7) is 4.70. The van der Waals surface area contributed by atoms with Gasteiger partial charge >= 0.3 is 5.97 Å². The van der Waals surface area contributed by atoms with Crippen molar-refractivity contribution in [1.29, 1.82) is 0 Å². The Balaban J connectivity index is 1.98. The van der Waals surface area contributed by atoms with Crippen molar-refractivity contribution < 1.29 is 23.4 Å². The molecule has 0 aromatic heterocycles. The highest BCUT2D eigenvalue weighted by Gasteiger charge is 2.26. The van der Waals surface area contributed by atoms with Gasteiger partial charge in [-0.25, -0.2) is 14.2 Å². The minimum Gasteiger partial charge on any atom is -0.490 e. The van der Waals surface area contributed by atoms with Crippen LogP contribution < -0.4 is 9.47 Å². The number of carbonyl (C=O) groups is 1. The molecule has 1 aliphatic heterocycles. The normalized spacial score (nSPS) is 14.9. The molecular weight excluding hydrogens is 417 g/mol. The second kappa shape index (κ2) is 8.35. The van der Waals surface area contributed by atoms with Gasteiger partial charge in [-0.1, -0.05) is 12.1 Å². The van der Waals surface area contributed by atoms with E-state index in [2.05, 4.69) is 20.9 Å². The number of ether oxygens (including phenoxy) is 3. The van der Waals surface area contributed by atoms with E-state index in [0.717, 1.165) is 0 Å². The number of esters is 1. The number of halogens is 2. The van der Waals surface area contributed by atoms with E-state index in [9.17, 15) is 9.18 Å². The highest BCUT2D eigenvalue weighted by Crippen LogP contribution is 2.37. The molecule has 0 N–H and O–H groups in total. The molecule has 0 spiro atoms. The van der Waals surface area contributed by atoms with Gasteiger partial charge in [-0.05, 0) is 65.7 Å². The standard InChI is InChI=1S/C20H17BrFNO4/c1-3-25-17-11-12(9-14(21)18(17)26-4-2)10-16-20(24)27-19(23-16)13-7-5-6-8-15(13)22/h5-11H,3-4H2,1-2H3/b16-10-. The van der Waals surface area contributed by atoms with E-state index in [1.807, 2.05) is 13.8 Å². The molecule has 0 amide bonds. The van der Waals surface area contributed by atoms with Crippen LogP contribution in [0.2, 0.25) is 0 Å². The van der Waals surface area contributed by atoms with E-state index < -0.39 is 11.8 Å². The Hall–Kier alpha value is -2.67. The third kappa shape index (κ3) is 4.19. The maximum atomic E-state index is 13.9. The molecule has 0 fully saturated rings. The predicted molar refractivity (Wildman–Crippen MR) is 103 cm³/mol. The van der Waals surface area contributed by atoms with E-state index in [4.69, 9.17) is 14.2 Å². The summed E-state index contributed by atoms with van der Waals surface area (Å²) >= 11 is 3.46. The molecule has 2 aromatic carbocycles. The van der Waals surface area contributed by atoms with Crippen LogP contribution in [0.4, 0.5) is 4.39 Å². The first-order valence-electron chi connectivity index (χ1n) is 8.40. The van der Waals surface area contributed by atoms with Crippen molar-refractivity contribution in [2.75, 3.05) is 13.2 Å². The Kier molecular flexibility index (Phi) is 5.91. The fourth-order valence-corrected chi connectivity index (χ4v) is 3.11. The van der Waals surface area contributed by atoms with Gasteiger partial charge < -0.3 is 14.2 Å². The SMILES string of the molecule is CCOc1cc(/C=C2\N=C(c3ccccc3F)OC2=O)cc(Br)c1OCC. The van der Waals surface area contributed by atoms with Crippen LogP contribution >= 0.6 is 15.9 Å². The fourth-order valence-electron chi connectivity index (χ4n) is 2.54. The molecule has 5 nitrogen and oxygen atoms in total. The van der Waals surface area contributed by atoms with Crippen molar-refractivity contribution >= 4 is 33.9 Å². The second-order valence-electron chi connectivity index (χ2n) is 5.51. The third-order valence-electron chi connectivity index (χ3n) is 3.65. The van der Waals surface area contributed by atoms with Crippen molar-refractivity contribution in [3.63, 3.8) is 0 Å². The number of hydrogen-bond acceptors (Lipinski definition) is 5. The minimum atomic E-state index is -0.642. The zero-order chi connectivity index (χ0) is 19.4. The average molecular weight is 434 g/mol. The van der Waals surface area contributed by atoms with Gasteiger partial charge in [-0.3, -0.25) is 0 Å². The molecule has 1 heterocycles. The summed E-state index contributed by atoms with van der Waals surface area (Å²) in [6.07, 6.45) is 1.55. The number of nitrogens with zero attached hydrogens (tertiary/aromatic N) is 1. The number of cyclic esters (lactones) is 1. The lowest BCUT2D eigenvalue weighted by atomic mass is 10.1. The molecule has 1 aliphatic rings. The molecule has 0 atom stereocenters. The summed E-state index contributed by atoms with van der Waals surface area (Å²) in [5.41, 5.74) is 0.878. The zero-order valence-corrected chi connectivity index (χ0v) is 16.4. The highest BCUT2D eigenvalue weighted by atomic mass is 79.9. The Morgan fingerprint density at radius 3 is 2.63 bits per heavy atom. The zero-order valence-electron chi connectivity index (χ0n) is 14.8. The first-order valence-corrected chi connectivity index (χ1v) is 9.19. The van der Waals surface area contributed by atoms with Crippen LogP contribution in [0.15, 0.2) is 51.6 Å². The van der Waals surface area contributed by atoms with Gasteiger partial charge in [0.25, 0.3) is 0 Å². The Bertz CT molecular complexity index is 940. The van der Waals surface area contributed by atoms with Crippen LogP contribution in [0.3, 0.4) is 0 Å². The maximum Gasteiger partial charge on any atom is 0.363 e. The quantitative estimate of drug-likeness (QED) is 0.487. The molecule has 0 saturated heterocycles. The van der Waals surface area contributed by atoms with E-state index in [1.165, 1.54) is 12.1 Å². The minimum absolute atomic E-state index is 0.0561. The Morgan fingerprint density at radius 1 is 1.19 bits per heavy atom. The highest BCUT2D eigenvalue weighted by molar-refractivity contribution is 9.10. The van der Waals surface area contributed by atoms with Crippen molar-refractivity contribution in [2.45, 2.75) is 13.8 Å². The van der Waals surface area contributed by atoms with E-state index in [-0.39, 0.29) is 17.2 Å². The third-order valence-corrected chi connectivity index (χ3v) is 4.24. The van der Waals surface area contributed by atoms with Gasteiger partial charge in [0.2, 0.25) is 5.90 Å². The number of aliphatic imine (C=N–C) groups is 1. The Labute approximate surface area is 164 Å². The smallest absolute Gasteiger partial charge is 0.363 e. The summed E-state index contributed by atoms with van der Waals surface area (Å²) in [4.78, 5) is 16.3. The lowest BCUT2D eigenvalue weighted by Crippen LogP contribution is -2.07. The first-order chi connectivity index (χ1) is 13.0. The average Bonchev–Trinajstić information content (AvgIpc) is 2.99. The number of rotatable bonds is 6. The van der Waals surface area contributed by atoms with Gasteiger partial charge in [0.05, 0.1) is 23.2 Å². The number of hydrogen-bond donors (Lipinski definition) is 0. The summed E-state index contributed by atoms with van der Waals surface area (Å²) in [5, 5.41) is 0. The molecule has 0 saturated carbocycles. The first kappa shape index (κ1) is 19.1. The molecule has 2 aromatic rings. The Morgan fingerprint density at radius 2 is 1.93 bits per heavy atom. The van der Waals surface area contributed by atoms with Crippen LogP contribution in [0.25, 0.3) is 6.08 Å². The maximum absolute atomic E-state index is 13.9. The molecule has 0 unspecified atom stereocenters. The van der Waals surface area contributed by atoms with E-state index >= 15 is 0 Å². The van der Waals surface area contributed by atoms with E-state index in [0.29, 0.717) is 34.7 Å².